The molecule has 0 spiro atoms. The van der Waals surface area contributed by atoms with E-state index in [1.807, 2.05) is 78.9 Å². The lowest BCUT2D eigenvalue weighted by Crippen LogP contribution is -2.14. The molecule has 5 aromatic carbocycles. The average molecular weight is 418 g/mol. The highest BCUT2D eigenvalue weighted by atomic mass is 14.9. The minimum absolute atomic E-state index is 0.332. The zero-order valence-corrected chi connectivity index (χ0v) is 17.4. The molecule has 0 bridgehead atoms. The maximum absolute atomic E-state index is 8.45. The number of rotatable bonds is 3. The second-order valence-corrected chi connectivity index (χ2v) is 8.32. The quantitative estimate of drug-likeness (QED) is 0.310. The summed E-state index contributed by atoms with van der Waals surface area (Å²) in [6.45, 7) is -5.55. The molecule has 0 fully saturated rings. The molecule has 154 valence electrons. The Bertz CT molecular complexity index is 1650. The first-order valence-electron chi connectivity index (χ1n) is 13.7. The zero-order valence-electron chi connectivity index (χ0n) is 23.4. The lowest BCUT2D eigenvalue weighted by atomic mass is 9.81. The van der Waals surface area contributed by atoms with Gasteiger partial charge < -0.3 is 5.32 Å². The highest BCUT2D eigenvalue weighted by Gasteiger charge is 2.35. The van der Waals surface area contributed by atoms with E-state index >= 15 is 0 Å². The van der Waals surface area contributed by atoms with Crippen LogP contribution in [0.3, 0.4) is 0 Å². The van der Waals surface area contributed by atoms with E-state index in [-0.39, 0.29) is 0 Å². The standard InChI is InChI=1S/C31H25N/c1-31(2)29-11-7-6-10-27(29)28-17-15-24(20-30(28)31)21-12-13-23-19-26(16-14-22(23)18-21)32-25-8-4-3-5-9-25/h3-20,32H,1-2H3/i1D3,2D3. The number of anilines is 2. The van der Waals surface area contributed by atoms with Crippen LogP contribution in [0.2, 0.25) is 0 Å². The van der Waals surface area contributed by atoms with E-state index in [9.17, 15) is 0 Å². The molecule has 1 aliphatic rings. The number of nitrogens with one attached hydrogen (secondary N) is 1. The van der Waals surface area contributed by atoms with Gasteiger partial charge in [0.1, 0.15) is 0 Å². The van der Waals surface area contributed by atoms with E-state index in [1.54, 1.807) is 18.2 Å². The van der Waals surface area contributed by atoms with Crippen molar-refractivity contribution in [3.63, 3.8) is 0 Å². The van der Waals surface area contributed by atoms with Gasteiger partial charge in [-0.1, -0.05) is 86.5 Å². The van der Waals surface area contributed by atoms with Gasteiger partial charge in [0.25, 0.3) is 0 Å². The highest BCUT2D eigenvalue weighted by molar-refractivity contribution is 5.91. The molecule has 0 radical (unpaired) electrons. The molecule has 1 aliphatic carbocycles. The lowest BCUT2D eigenvalue weighted by molar-refractivity contribution is 0.660. The monoisotopic (exact) mass is 417 g/mol. The zero-order chi connectivity index (χ0) is 26.7. The normalized spacial score (nSPS) is 17.1. The van der Waals surface area contributed by atoms with Gasteiger partial charge in [0, 0.05) is 25.0 Å². The lowest BCUT2D eigenvalue weighted by Gasteiger charge is -2.22. The molecule has 0 atom stereocenters. The molecule has 1 nitrogen and oxygen atoms in total. The first kappa shape index (κ1) is 13.5. The molecule has 6 rings (SSSR count). The van der Waals surface area contributed by atoms with Crippen LogP contribution in [0.4, 0.5) is 11.4 Å². The Labute approximate surface area is 197 Å². The van der Waals surface area contributed by atoms with Gasteiger partial charge in [-0.25, -0.2) is 0 Å². The summed E-state index contributed by atoms with van der Waals surface area (Å²) in [4.78, 5) is 0. The summed E-state index contributed by atoms with van der Waals surface area (Å²) < 4.78 is 50.7. The summed E-state index contributed by atoms with van der Waals surface area (Å²) in [6.07, 6.45) is 0. The Kier molecular flexibility index (Phi) is 3.01. The molecule has 0 aliphatic heterocycles. The van der Waals surface area contributed by atoms with Crippen LogP contribution >= 0.6 is 0 Å². The average Bonchev–Trinajstić information content (AvgIpc) is 3.20. The topological polar surface area (TPSA) is 12.0 Å². The van der Waals surface area contributed by atoms with Crippen LogP contribution in [0.15, 0.2) is 109 Å². The Hall–Kier alpha value is -3.84. The summed E-state index contributed by atoms with van der Waals surface area (Å²) in [5, 5.41) is 5.50. The Balaban J connectivity index is 1.46. The van der Waals surface area contributed by atoms with Crippen molar-refractivity contribution in [3.05, 3.63) is 120 Å². The summed E-state index contributed by atoms with van der Waals surface area (Å²) >= 11 is 0. The molecule has 32 heavy (non-hydrogen) atoms. The number of fused-ring (bicyclic) bond motifs is 4. The fourth-order valence-electron chi connectivity index (χ4n) is 4.65. The van der Waals surface area contributed by atoms with Crippen molar-refractivity contribution in [2.75, 3.05) is 5.32 Å². The van der Waals surface area contributed by atoms with Crippen LogP contribution in [0.25, 0.3) is 33.0 Å². The Morgan fingerprint density at radius 1 is 0.562 bits per heavy atom. The molecule has 0 aromatic heterocycles. The first-order chi connectivity index (χ1) is 18.1. The number of para-hydroxylation sites is 1. The number of hydrogen-bond donors (Lipinski definition) is 1. The van der Waals surface area contributed by atoms with Gasteiger partial charge in [0.05, 0.1) is 0 Å². The van der Waals surface area contributed by atoms with Crippen molar-refractivity contribution in [3.8, 4) is 22.3 Å². The van der Waals surface area contributed by atoms with Crippen LogP contribution in [0.5, 0.6) is 0 Å². The van der Waals surface area contributed by atoms with Crippen molar-refractivity contribution >= 4 is 22.1 Å². The van der Waals surface area contributed by atoms with Gasteiger partial charge in [0.2, 0.25) is 0 Å². The van der Waals surface area contributed by atoms with Crippen LogP contribution < -0.4 is 5.32 Å². The fraction of sp³-hybridized carbons (Fsp3) is 0.0968. The van der Waals surface area contributed by atoms with Crippen molar-refractivity contribution in [1.29, 1.82) is 0 Å². The van der Waals surface area contributed by atoms with E-state index in [0.717, 1.165) is 33.3 Å². The highest BCUT2D eigenvalue weighted by Crippen LogP contribution is 2.49. The maximum atomic E-state index is 8.45. The summed E-state index contributed by atoms with van der Waals surface area (Å²) in [6, 6.07) is 34.7. The van der Waals surface area contributed by atoms with Gasteiger partial charge in [-0.05, 0) is 80.6 Å². The molecular formula is C31H25N. The SMILES string of the molecule is [2H]C([2H])([2H])C1(C([2H])([2H])[2H])c2ccccc2-c2ccc(-c3ccc4cc(Nc5ccccc5)ccc4c3)cc21. The molecular weight excluding hydrogens is 386 g/mol. The summed E-state index contributed by atoms with van der Waals surface area (Å²) in [5.74, 6) is 0. The smallest absolute Gasteiger partial charge is 0.0390 e. The molecule has 0 heterocycles. The van der Waals surface area contributed by atoms with E-state index in [0.29, 0.717) is 22.3 Å². The second-order valence-electron chi connectivity index (χ2n) is 8.32. The van der Waals surface area contributed by atoms with Crippen molar-refractivity contribution in [2.45, 2.75) is 19.1 Å². The van der Waals surface area contributed by atoms with Crippen LogP contribution in [-0.4, -0.2) is 0 Å². The predicted molar refractivity (Wildman–Crippen MR) is 137 cm³/mol. The van der Waals surface area contributed by atoms with Crippen LogP contribution in [-0.2, 0) is 5.41 Å². The van der Waals surface area contributed by atoms with Crippen molar-refractivity contribution < 1.29 is 8.22 Å². The predicted octanol–water partition coefficient (Wildman–Crippen LogP) is 8.56. The third kappa shape index (κ3) is 3.01. The Morgan fingerprint density at radius 3 is 2.12 bits per heavy atom. The molecule has 0 amide bonds. The van der Waals surface area contributed by atoms with E-state index in [4.69, 9.17) is 8.22 Å². The van der Waals surface area contributed by atoms with E-state index < -0.39 is 19.1 Å². The summed E-state index contributed by atoms with van der Waals surface area (Å²) in [7, 11) is 0. The largest absolute Gasteiger partial charge is 0.356 e. The van der Waals surface area contributed by atoms with Gasteiger partial charge in [-0.3, -0.25) is 0 Å². The van der Waals surface area contributed by atoms with E-state index in [2.05, 4.69) is 17.4 Å². The van der Waals surface area contributed by atoms with Gasteiger partial charge in [-0.15, -0.1) is 0 Å². The first-order valence-corrected chi connectivity index (χ1v) is 10.7. The van der Waals surface area contributed by atoms with Gasteiger partial charge >= 0.3 is 0 Å². The molecule has 0 saturated carbocycles. The maximum Gasteiger partial charge on any atom is 0.0390 e. The molecule has 1 N–H and O–H groups in total. The molecule has 0 saturated heterocycles. The van der Waals surface area contributed by atoms with Crippen molar-refractivity contribution in [1.82, 2.24) is 0 Å². The minimum atomic E-state index is -2.77. The third-order valence-electron chi connectivity index (χ3n) is 6.28. The van der Waals surface area contributed by atoms with E-state index in [1.165, 1.54) is 0 Å². The molecule has 5 aromatic rings. The summed E-state index contributed by atoms with van der Waals surface area (Å²) in [5.41, 5.74) is 3.56. The number of benzene rings is 5. The second kappa shape index (κ2) is 7.10. The van der Waals surface area contributed by atoms with Crippen LogP contribution in [0, 0.1) is 0 Å². The fourth-order valence-corrected chi connectivity index (χ4v) is 4.65. The van der Waals surface area contributed by atoms with Crippen molar-refractivity contribution in [2.24, 2.45) is 0 Å². The third-order valence-corrected chi connectivity index (χ3v) is 6.28. The molecule has 1 heteroatoms. The van der Waals surface area contributed by atoms with Gasteiger partial charge in [-0.2, -0.15) is 0 Å². The van der Waals surface area contributed by atoms with Crippen LogP contribution in [0.1, 0.15) is 33.1 Å². The Morgan fingerprint density at radius 2 is 1.25 bits per heavy atom. The van der Waals surface area contributed by atoms with Gasteiger partial charge in [0.15, 0.2) is 0 Å². The molecule has 0 unspecified atom stereocenters. The minimum Gasteiger partial charge on any atom is -0.356 e. The number of hydrogen-bond acceptors (Lipinski definition) is 1.